The van der Waals surface area contributed by atoms with Crippen LogP contribution in [0.3, 0.4) is 0 Å². The largest absolute Gasteiger partial charge is 0.481 e. The summed E-state index contributed by atoms with van der Waals surface area (Å²) in [6.07, 6.45) is 3.81. The number of carboxylic acid groups (broad SMARTS) is 3. The van der Waals surface area contributed by atoms with Crippen LogP contribution in [0.15, 0.2) is 24.3 Å². The lowest BCUT2D eigenvalue weighted by Gasteiger charge is -2.20. The van der Waals surface area contributed by atoms with E-state index in [1.807, 2.05) is 12.1 Å². The van der Waals surface area contributed by atoms with Crippen molar-refractivity contribution in [3.8, 4) is 0 Å². The molecule has 26 heavy (non-hydrogen) atoms. The number of rotatable bonds is 13. The second-order valence-corrected chi connectivity index (χ2v) is 7.23. The van der Waals surface area contributed by atoms with Crippen LogP contribution in [-0.4, -0.2) is 55.4 Å². The van der Waals surface area contributed by atoms with E-state index in [0.717, 1.165) is 37.7 Å². The lowest BCUT2D eigenvalue weighted by atomic mass is 10.0. The molecule has 1 aromatic rings. The highest BCUT2D eigenvalue weighted by molar-refractivity contribution is 7.99. The minimum atomic E-state index is -2.22. The summed E-state index contributed by atoms with van der Waals surface area (Å²) in [4.78, 5) is 32.4. The highest BCUT2D eigenvalue weighted by Crippen LogP contribution is 2.20. The van der Waals surface area contributed by atoms with Gasteiger partial charge in [0, 0.05) is 5.75 Å². The molecule has 0 aliphatic carbocycles. The Morgan fingerprint density at radius 3 is 2.08 bits per heavy atom. The van der Waals surface area contributed by atoms with Gasteiger partial charge in [-0.25, -0.2) is 9.59 Å². The molecule has 4 N–H and O–H groups in total. The normalized spacial score (nSPS) is 13.1. The average Bonchev–Trinajstić information content (AvgIpc) is 2.56. The molecule has 0 aliphatic heterocycles. The third-order valence-corrected chi connectivity index (χ3v) is 5.15. The van der Waals surface area contributed by atoms with E-state index in [0.29, 0.717) is 5.75 Å². The third-order valence-electron chi connectivity index (χ3n) is 3.89. The summed E-state index contributed by atoms with van der Waals surface area (Å²) < 4.78 is 0. The summed E-state index contributed by atoms with van der Waals surface area (Å²) >= 11 is 1.24. The van der Waals surface area contributed by atoms with E-state index in [4.69, 9.17) is 15.3 Å². The SMILES string of the molecule is O=C(O)C[C@](O)(CSCCCCCCc1ccc(C(=O)O)cc1)C(=O)O. The Morgan fingerprint density at radius 1 is 0.923 bits per heavy atom. The Labute approximate surface area is 156 Å². The molecule has 0 aromatic heterocycles. The van der Waals surface area contributed by atoms with Gasteiger partial charge >= 0.3 is 17.9 Å². The fourth-order valence-corrected chi connectivity index (χ4v) is 3.50. The van der Waals surface area contributed by atoms with Gasteiger partial charge in [-0.15, -0.1) is 0 Å². The minimum Gasteiger partial charge on any atom is -0.481 e. The molecule has 1 atom stereocenters. The first-order valence-electron chi connectivity index (χ1n) is 8.32. The second kappa shape index (κ2) is 10.8. The van der Waals surface area contributed by atoms with E-state index >= 15 is 0 Å². The molecule has 8 heteroatoms. The molecule has 0 radical (unpaired) electrons. The smallest absolute Gasteiger partial charge is 0.337 e. The summed E-state index contributed by atoms with van der Waals surface area (Å²) in [5.41, 5.74) is -0.863. The lowest BCUT2D eigenvalue weighted by Crippen LogP contribution is -2.43. The van der Waals surface area contributed by atoms with Crippen LogP contribution in [0.25, 0.3) is 0 Å². The van der Waals surface area contributed by atoms with Crippen molar-refractivity contribution in [2.24, 2.45) is 0 Å². The van der Waals surface area contributed by atoms with Crippen molar-refractivity contribution >= 4 is 29.7 Å². The first kappa shape index (κ1) is 22.0. The molecule has 7 nitrogen and oxygen atoms in total. The van der Waals surface area contributed by atoms with Crippen molar-refractivity contribution in [3.63, 3.8) is 0 Å². The summed E-state index contributed by atoms with van der Waals surface area (Å²) in [6, 6.07) is 6.81. The number of benzene rings is 1. The summed E-state index contributed by atoms with van der Waals surface area (Å²) in [5, 5.41) is 36.3. The molecule has 0 unspecified atom stereocenters. The first-order chi connectivity index (χ1) is 12.2. The van der Waals surface area contributed by atoms with Gasteiger partial charge in [0.05, 0.1) is 12.0 Å². The van der Waals surface area contributed by atoms with Crippen molar-refractivity contribution in [1.82, 2.24) is 0 Å². The maximum atomic E-state index is 11.0. The van der Waals surface area contributed by atoms with Gasteiger partial charge in [-0.2, -0.15) is 11.8 Å². The zero-order chi connectivity index (χ0) is 19.6. The molecular weight excluding hydrogens is 360 g/mol. The van der Waals surface area contributed by atoms with E-state index in [1.54, 1.807) is 12.1 Å². The summed E-state index contributed by atoms with van der Waals surface area (Å²) in [6.45, 7) is 0. The van der Waals surface area contributed by atoms with Crippen LogP contribution in [0.2, 0.25) is 0 Å². The van der Waals surface area contributed by atoms with Crippen LogP contribution >= 0.6 is 11.8 Å². The van der Waals surface area contributed by atoms with E-state index < -0.39 is 29.9 Å². The Kier molecular flexibility index (Phi) is 9.15. The van der Waals surface area contributed by atoms with Crippen LogP contribution in [0, 0.1) is 0 Å². The molecule has 0 spiro atoms. The van der Waals surface area contributed by atoms with Crippen LogP contribution in [0.1, 0.15) is 48.0 Å². The van der Waals surface area contributed by atoms with Gasteiger partial charge in [-0.05, 0) is 42.7 Å². The monoisotopic (exact) mass is 384 g/mol. The number of hydrogen-bond donors (Lipinski definition) is 4. The van der Waals surface area contributed by atoms with Gasteiger partial charge in [0.25, 0.3) is 0 Å². The number of carboxylic acids is 3. The fraction of sp³-hybridized carbons (Fsp3) is 0.500. The van der Waals surface area contributed by atoms with E-state index in [-0.39, 0.29) is 11.3 Å². The van der Waals surface area contributed by atoms with Crippen LogP contribution in [-0.2, 0) is 16.0 Å². The number of unbranched alkanes of at least 4 members (excludes halogenated alkanes) is 3. The minimum absolute atomic E-state index is 0.148. The number of aromatic carboxylic acids is 1. The van der Waals surface area contributed by atoms with Gasteiger partial charge in [0.1, 0.15) is 0 Å². The molecule has 0 saturated heterocycles. The van der Waals surface area contributed by atoms with Gasteiger partial charge in [0.15, 0.2) is 5.60 Å². The number of aliphatic hydroxyl groups is 1. The van der Waals surface area contributed by atoms with Crippen molar-refractivity contribution in [3.05, 3.63) is 35.4 Å². The van der Waals surface area contributed by atoms with Gasteiger partial charge in [-0.3, -0.25) is 4.79 Å². The first-order valence-corrected chi connectivity index (χ1v) is 9.47. The standard InChI is InChI=1S/C18H24O7S/c19-15(20)11-18(25,17(23)24)12-26-10-4-2-1-3-5-13-6-8-14(9-7-13)16(21)22/h6-9,25H,1-5,10-12H2,(H,19,20)(H,21,22)(H,23,24)/t18-/m0/s1. The number of thioether (sulfide) groups is 1. The molecule has 0 fully saturated rings. The molecule has 0 heterocycles. The summed E-state index contributed by atoms with van der Waals surface area (Å²) in [7, 11) is 0. The van der Waals surface area contributed by atoms with Crippen molar-refractivity contribution in [1.29, 1.82) is 0 Å². The van der Waals surface area contributed by atoms with Gasteiger partial charge < -0.3 is 20.4 Å². The lowest BCUT2D eigenvalue weighted by molar-refractivity contribution is -0.162. The second-order valence-electron chi connectivity index (χ2n) is 6.13. The number of hydrogen-bond acceptors (Lipinski definition) is 5. The van der Waals surface area contributed by atoms with Crippen molar-refractivity contribution in [2.45, 2.75) is 44.1 Å². The number of aliphatic carboxylic acids is 2. The van der Waals surface area contributed by atoms with Gasteiger partial charge in [-0.1, -0.05) is 25.0 Å². The molecule has 1 rings (SSSR count). The zero-order valence-electron chi connectivity index (χ0n) is 14.4. The van der Waals surface area contributed by atoms with E-state index in [1.165, 1.54) is 11.8 Å². The topological polar surface area (TPSA) is 132 Å². The molecule has 144 valence electrons. The van der Waals surface area contributed by atoms with Crippen molar-refractivity contribution < 1.29 is 34.8 Å². The highest BCUT2D eigenvalue weighted by atomic mass is 32.2. The Balaban J connectivity index is 2.16. The highest BCUT2D eigenvalue weighted by Gasteiger charge is 2.38. The third kappa shape index (κ3) is 7.88. The molecule has 0 bridgehead atoms. The average molecular weight is 384 g/mol. The quantitative estimate of drug-likeness (QED) is 0.381. The number of aryl methyl sites for hydroxylation is 1. The van der Waals surface area contributed by atoms with Crippen molar-refractivity contribution in [2.75, 3.05) is 11.5 Å². The predicted molar refractivity (Wildman–Crippen MR) is 97.7 cm³/mol. The maximum Gasteiger partial charge on any atom is 0.337 e. The van der Waals surface area contributed by atoms with Crippen LogP contribution in [0.5, 0.6) is 0 Å². The summed E-state index contributed by atoms with van der Waals surface area (Å²) in [5.74, 6) is -3.28. The Hall–Kier alpha value is -2.06. The van der Waals surface area contributed by atoms with E-state index in [2.05, 4.69) is 0 Å². The molecule has 1 aromatic carbocycles. The molecule has 0 aliphatic rings. The molecular formula is C18H24O7S. The molecule has 0 amide bonds. The van der Waals surface area contributed by atoms with Crippen LogP contribution < -0.4 is 0 Å². The Morgan fingerprint density at radius 2 is 1.54 bits per heavy atom. The van der Waals surface area contributed by atoms with Crippen LogP contribution in [0.4, 0.5) is 0 Å². The maximum absolute atomic E-state index is 11.0. The number of carbonyl (C=O) groups is 3. The molecule has 0 saturated carbocycles. The predicted octanol–water partition coefficient (Wildman–Crippen LogP) is 2.51. The fourth-order valence-electron chi connectivity index (χ4n) is 2.38. The zero-order valence-corrected chi connectivity index (χ0v) is 15.2. The van der Waals surface area contributed by atoms with Gasteiger partial charge in [0.2, 0.25) is 0 Å². The van der Waals surface area contributed by atoms with E-state index in [9.17, 15) is 19.5 Å². The Bertz CT molecular complexity index is 614.